The van der Waals surface area contributed by atoms with E-state index < -0.39 is 5.60 Å². The van der Waals surface area contributed by atoms with E-state index in [4.69, 9.17) is 4.74 Å². The Labute approximate surface area is 109 Å². The van der Waals surface area contributed by atoms with E-state index >= 15 is 0 Å². The normalized spacial score (nSPS) is 27.0. The molecular weight excluding hydrogens is 230 g/mol. The maximum atomic E-state index is 12.0. The Hall–Kier alpha value is -1.06. The third-order valence-electron chi connectivity index (χ3n) is 4.17. The van der Waals surface area contributed by atoms with Crippen LogP contribution in [0.15, 0.2) is 0 Å². The summed E-state index contributed by atoms with van der Waals surface area (Å²) in [6.07, 6.45) is 2.11. The minimum atomic E-state index is -0.443. The van der Waals surface area contributed by atoms with E-state index in [0.717, 1.165) is 6.42 Å². The third-order valence-corrected chi connectivity index (χ3v) is 4.17. The lowest BCUT2D eigenvalue weighted by Gasteiger charge is -2.51. The Morgan fingerprint density at radius 3 is 2.44 bits per heavy atom. The molecule has 0 aromatic heterocycles. The fourth-order valence-electron chi connectivity index (χ4n) is 2.97. The second-order valence-electron chi connectivity index (χ2n) is 6.83. The average molecular weight is 253 g/mol. The van der Waals surface area contributed by atoms with E-state index in [0.29, 0.717) is 37.6 Å². The van der Waals surface area contributed by atoms with Crippen LogP contribution in [0.4, 0.5) is 4.79 Å². The summed E-state index contributed by atoms with van der Waals surface area (Å²) in [6.45, 7) is 9.21. The lowest BCUT2D eigenvalue weighted by atomic mass is 9.57. The summed E-state index contributed by atoms with van der Waals surface area (Å²) in [5.74, 6) is 0.754. The average Bonchev–Trinajstić information content (AvgIpc) is 2.16. The summed E-state index contributed by atoms with van der Waals surface area (Å²) in [5, 5.41) is 0. The number of Topliss-reactive ketones (excluding diaryl/α,β-unsaturated/α-hetero) is 1. The van der Waals surface area contributed by atoms with E-state index in [1.54, 1.807) is 4.90 Å². The topological polar surface area (TPSA) is 46.6 Å². The van der Waals surface area contributed by atoms with Gasteiger partial charge in [0.05, 0.1) is 0 Å². The molecule has 4 nitrogen and oxygen atoms in total. The molecule has 0 aromatic rings. The minimum Gasteiger partial charge on any atom is -0.444 e. The SMILES string of the molecule is CC1CN(C(=O)OC(C)(C)C)CCC12CC(=O)C2. The van der Waals surface area contributed by atoms with Crippen molar-refractivity contribution < 1.29 is 14.3 Å². The maximum Gasteiger partial charge on any atom is 0.410 e. The molecule has 1 heterocycles. The number of likely N-dealkylation sites (tertiary alicyclic amines) is 1. The fourth-order valence-corrected chi connectivity index (χ4v) is 2.97. The molecule has 1 saturated carbocycles. The van der Waals surface area contributed by atoms with Crippen LogP contribution in [-0.4, -0.2) is 35.5 Å². The molecule has 1 saturated heterocycles. The van der Waals surface area contributed by atoms with Gasteiger partial charge in [-0.15, -0.1) is 0 Å². The monoisotopic (exact) mass is 253 g/mol. The Balaban J connectivity index is 1.92. The van der Waals surface area contributed by atoms with Crippen molar-refractivity contribution in [3.05, 3.63) is 0 Å². The maximum absolute atomic E-state index is 12.0. The van der Waals surface area contributed by atoms with Gasteiger partial charge >= 0.3 is 6.09 Å². The molecular formula is C14H23NO3. The zero-order valence-corrected chi connectivity index (χ0v) is 11.8. The Kier molecular flexibility index (Phi) is 3.16. The molecule has 0 radical (unpaired) electrons. The van der Waals surface area contributed by atoms with Gasteiger partial charge in [-0.2, -0.15) is 0 Å². The van der Waals surface area contributed by atoms with Crippen LogP contribution in [0.3, 0.4) is 0 Å². The molecule has 102 valence electrons. The Morgan fingerprint density at radius 2 is 2.00 bits per heavy atom. The highest BCUT2D eigenvalue weighted by Gasteiger charge is 2.50. The summed E-state index contributed by atoms with van der Waals surface area (Å²) in [7, 11) is 0. The molecule has 0 aromatic carbocycles. The second kappa shape index (κ2) is 4.25. The molecule has 1 amide bonds. The first kappa shape index (κ1) is 13.4. The van der Waals surface area contributed by atoms with Crippen LogP contribution in [0.5, 0.6) is 0 Å². The molecule has 1 spiro atoms. The van der Waals surface area contributed by atoms with Gasteiger partial charge in [0.1, 0.15) is 11.4 Å². The predicted molar refractivity (Wildman–Crippen MR) is 68.3 cm³/mol. The van der Waals surface area contributed by atoms with Gasteiger partial charge in [-0.1, -0.05) is 6.92 Å². The number of carbonyl (C=O) groups is 2. The van der Waals surface area contributed by atoms with E-state index in [2.05, 4.69) is 6.92 Å². The summed E-state index contributed by atoms with van der Waals surface area (Å²) in [5.41, 5.74) is -0.266. The van der Waals surface area contributed by atoms with Crippen molar-refractivity contribution in [2.75, 3.05) is 13.1 Å². The molecule has 1 aliphatic heterocycles. The summed E-state index contributed by atoms with van der Waals surface area (Å²) >= 11 is 0. The zero-order valence-electron chi connectivity index (χ0n) is 11.8. The van der Waals surface area contributed by atoms with Gasteiger partial charge in [0, 0.05) is 25.9 Å². The quantitative estimate of drug-likeness (QED) is 0.666. The number of piperidine rings is 1. The van der Waals surface area contributed by atoms with Crippen molar-refractivity contribution in [2.24, 2.45) is 11.3 Å². The van der Waals surface area contributed by atoms with E-state index in [-0.39, 0.29) is 11.5 Å². The summed E-state index contributed by atoms with van der Waals surface area (Å²) in [4.78, 5) is 25.0. The van der Waals surface area contributed by atoms with Gasteiger partial charge in [-0.3, -0.25) is 4.79 Å². The van der Waals surface area contributed by atoms with Gasteiger partial charge in [0.2, 0.25) is 0 Å². The number of amides is 1. The largest absolute Gasteiger partial charge is 0.444 e. The van der Waals surface area contributed by atoms with Crippen molar-refractivity contribution in [3.63, 3.8) is 0 Å². The van der Waals surface area contributed by atoms with E-state index in [1.807, 2.05) is 20.8 Å². The molecule has 1 unspecified atom stereocenters. The number of ketones is 1. The molecule has 18 heavy (non-hydrogen) atoms. The third kappa shape index (κ3) is 2.52. The fraction of sp³-hybridized carbons (Fsp3) is 0.857. The van der Waals surface area contributed by atoms with Crippen LogP contribution in [0.1, 0.15) is 47.0 Å². The van der Waals surface area contributed by atoms with Crippen LogP contribution in [-0.2, 0) is 9.53 Å². The second-order valence-corrected chi connectivity index (χ2v) is 6.83. The highest BCUT2D eigenvalue weighted by Crippen LogP contribution is 2.50. The van der Waals surface area contributed by atoms with Crippen molar-refractivity contribution in [3.8, 4) is 0 Å². The van der Waals surface area contributed by atoms with Crippen molar-refractivity contribution in [2.45, 2.75) is 52.6 Å². The number of hydrogen-bond acceptors (Lipinski definition) is 3. The first-order valence-corrected chi connectivity index (χ1v) is 6.71. The molecule has 4 heteroatoms. The van der Waals surface area contributed by atoms with Gasteiger partial charge in [-0.25, -0.2) is 4.79 Å². The molecule has 0 bridgehead atoms. The first-order chi connectivity index (χ1) is 8.22. The molecule has 2 aliphatic rings. The van der Waals surface area contributed by atoms with Gasteiger partial charge in [-0.05, 0) is 38.5 Å². The molecule has 1 atom stereocenters. The van der Waals surface area contributed by atoms with E-state index in [9.17, 15) is 9.59 Å². The van der Waals surface area contributed by atoms with Crippen LogP contribution < -0.4 is 0 Å². The molecule has 2 rings (SSSR count). The highest BCUT2D eigenvalue weighted by atomic mass is 16.6. The number of rotatable bonds is 0. The Bertz CT molecular complexity index is 362. The summed E-state index contributed by atoms with van der Waals surface area (Å²) < 4.78 is 5.39. The lowest BCUT2D eigenvalue weighted by molar-refractivity contribution is -0.139. The molecule has 2 fully saturated rings. The highest BCUT2D eigenvalue weighted by molar-refractivity contribution is 5.86. The van der Waals surface area contributed by atoms with Crippen molar-refractivity contribution in [1.29, 1.82) is 0 Å². The van der Waals surface area contributed by atoms with Crippen molar-refractivity contribution >= 4 is 11.9 Å². The van der Waals surface area contributed by atoms with Crippen LogP contribution in [0.2, 0.25) is 0 Å². The summed E-state index contributed by atoms with van der Waals surface area (Å²) in [6, 6.07) is 0. The van der Waals surface area contributed by atoms with E-state index in [1.165, 1.54) is 0 Å². The minimum absolute atomic E-state index is 0.176. The zero-order chi connectivity index (χ0) is 13.6. The number of ether oxygens (including phenoxy) is 1. The van der Waals surface area contributed by atoms with Gasteiger partial charge < -0.3 is 9.64 Å². The Morgan fingerprint density at radius 1 is 1.39 bits per heavy atom. The van der Waals surface area contributed by atoms with Crippen LogP contribution >= 0.6 is 0 Å². The van der Waals surface area contributed by atoms with Gasteiger partial charge in [0.25, 0.3) is 0 Å². The first-order valence-electron chi connectivity index (χ1n) is 6.71. The number of hydrogen-bond donors (Lipinski definition) is 0. The molecule has 1 aliphatic carbocycles. The predicted octanol–water partition coefficient (Wildman–Crippen LogP) is 2.61. The molecule has 0 N–H and O–H groups in total. The van der Waals surface area contributed by atoms with Crippen molar-refractivity contribution in [1.82, 2.24) is 4.90 Å². The van der Waals surface area contributed by atoms with Gasteiger partial charge in [0.15, 0.2) is 0 Å². The van der Waals surface area contributed by atoms with Crippen LogP contribution in [0.25, 0.3) is 0 Å². The number of nitrogens with zero attached hydrogens (tertiary/aromatic N) is 1. The standard InChI is InChI=1S/C14H23NO3/c1-10-9-15(12(17)18-13(2,3)4)6-5-14(10)7-11(16)8-14/h10H,5-9H2,1-4H3. The number of carbonyl (C=O) groups excluding carboxylic acids is 2. The lowest BCUT2D eigenvalue weighted by Crippen LogP contribution is -2.54. The van der Waals surface area contributed by atoms with Crippen LogP contribution in [0, 0.1) is 11.3 Å². The smallest absolute Gasteiger partial charge is 0.410 e.